The number of aromatic nitrogens is 3. The third-order valence-electron chi connectivity index (χ3n) is 2.46. The highest BCUT2D eigenvalue weighted by Crippen LogP contribution is 2.18. The van der Waals surface area contributed by atoms with Crippen molar-refractivity contribution in [3.05, 3.63) is 24.8 Å². The Bertz CT molecular complexity index is 416. The van der Waals surface area contributed by atoms with E-state index in [1.54, 1.807) is 12.5 Å². The first-order chi connectivity index (χ1) is 6.93. The lowest BCUT2D eigenvalue weighted by Crippen LogP contribution is -2.43. The molecule has 5 nitrogen and oxygen atoms in total. The highest BCUT2D eigenvalue weighted by molar-refractivity contribution is 5.55. The van der Waals surface area contributed by atoms with Crippen LogP contribution >= 0.6 is 0 Å². The van der Waals surface area contributed by atoms with Crippen molar-refractivity contribution in [2.45, 2.75) is 6.04 Å². The van der Waals surface area contributed by atoms with Crippen LogP contribution in [0.15, 0.2) is 29.2 Å². The largest absolute Gasteiger partial charge is 0.472 e. The van der Waals surface area contributed by atoms with Gasteiger partial charge in [0.1, 0.15) is 5.69 Å². The fraction of sp³-hybridized carbons (Fsp3) is 0.333. The second kappa shape index (κ2) is 2.95. The van der Waals surface area contributed by atoms with Crippen molar-refractivity contribution in [1.82, 2.24) is 20.3 Å². The van der Waals surface area contributed by atoms with Gasteiger partial charge in [-0.2, -0.15) is 0 Å². The minimum absolute atomic E-state index is 0.461. The molecule has 3 rings (SSSR count). The lowest BCUT2D eigenvalue weighted by atomic mass is 10.2. The molecule has 0 atom stereocenters. The van der Waals surface area contributed by atoms with Gasteiger partial charge in [-0.25, -0.2) is 4.68 Å². The summed E-state index contributed by atoms with van der Waals surface area (Å²) < 4.78 is 6.89. The smallest absolute Gasteiger partial charge is 0.116 e. The van der Waals surface area contributed by atoms with E-state index in [-0.39, 0.29) is 0 Å². The number of hydrogen-bond donors (Lipinski definition) is 1. The van der Waals surface area contributed by atoms with E-state index in [1.165, 1.54) is 0 Å². The molecule has 0 bridgehead atoms. The molecule has 0 spiro atoms. The van der Waals surface area contributed by atoms with Crippen molar-refractivity contribution in [2.24, 2.45) is 0 Å². The Balaban J connectivity index is 1.90. The molecule has 72 valence electrons. The summed E-state index contributed by atoms with van der Waals surface area (Å²) in [6, 6.07) is 2.34. The Morgan fingerprint density at radius 1 is 1.50 bits per heavy atom. The predicted octanol–water partition coefficient (Wildman–Crippen LogP) is 0.682. The van der Waals surface area contributed by atoms with Crippen LogP contribution in [0.4, 0.5) is 0 Å². The number of hydrogen-bond acceptors (Lipinski definition) is 4. The molecule has 3 heterocycles. The first-order valence-corrected chi connectivity index (χ1v) is 4.58. The number of nitrogens with zero attached hydrogens (tertiary/aromatic N) is 3. The lowest BCUT2D eigenvalue weighted by molar-refractivity contribution is 0.313. The zero-order chi connectivity index (χ0) is 9.38. The molecule has 1 aliphatic heterocycles. The molecule has 1 N–H and O–H groups in total. The van der Waals surface area contributed by atoms with E-state index in [0.717, 1.165) is 24.3 Å². The highest BCUT2D eigenvalue weighted by atomic mass is 16.3. The maximum absolute atomic E-state index is 4.99. The maximum Gasteiger partial charge on any atom is 0.116 e. The van der Waals surface area contributed by atoms with Crippen LogP contribution < -0.4 is 5.32 Å². The van der Waals surface area contributed by atoms with Crippen LogP contribution in [-0.4, -0.2) is 28.1 Å². The molecular formula is C9H10N4O. The summed E-state index contributed by atoms with van der Waals surface area (Å²) in [5.74, 6) is 0. The second-order valence-electron chi connectivity index (χ2n) is 3.41. The van der Waals surface area contributed by atoms with Gasteiger partial charge < -0.3 is 9.73 Å². The molecule has 5 heteroatoms. The molecule has 14 heavy (non-hydrogen) atoms. The molecule has 2 aromatic heterocycles. The first kappa shape index (κ1) is 7.75. The quantitative estimate of drug-likeness (QED) is 0.756. The summed E-state index contributed by atoms with van der Waals surface area (Å²) >= 11 is 0. The molecule has 0 aliphatic carbocycles. The van der Waals surface area contributed by atoms with Crippen molar-refractivity contribution in [3.8, 4) is 11.3 Å². The number of furan rings is 1. The van der Waals surface area contributed by atoms with Crippen molar-refractivity contribution < 1.29 is 4.42 Å². The average molecular weight is 190 g/mol. The zero-order valence-corrected chi connectivity index (χ0v) is 7.55. The summed E-state index contributed by atoms with van der Waals surface area (Å²) in [4.78, 5) is 0. The van der Waals surface area contributed by atoms with Gasteiger partial charge in [0.25, 0.3) is 0 Å². The maximum atomic E-state index is 4.99. The van der Waals surface area contributed by atoms with E-state index in [2.05, 4.69) is 15.6 Å². The van der Waals surface area contributed by atoms with Gasteiger partial charge in [-0.3, -0.25) is 0 Å². The number of rotatable bonds is 2. The molecule has 0 amide bonds. The molecule has 0 unspecified atom stereocenters. The van der Waals surface area contributed by atoms with Crippen LogP contribution in [0, 0.1) is 0 Å². The van der Waals surface area contributed by atoms with Gasteiger partial charge in [-0.05, 0) is 6.07 Å². The molecule has 0 aromatic carbocycles. The summed E-state index contributed by atoms with van der Waals surface area (Å²) in [6.07, 6.45) is 5.27. The van der Waals surface area contributed by atoms with Crippen molar-refractivity contribution in [1.29, 1.82) is 0 Å². The molecule has 0 radical (unpaired) electrons. The van der Waals surface area contributed by atoms with E-state index in [4.69, 9.17) is 4.42 Å². The van der Waals surface area contributed by atoms with E-state index in [1.807, 2.05) is 16.9 Å². The van der Waals surface area contributed by atoms with Gasteiger partial charge in [0.05, 0.1) is 24.8 Å². The minimum atomic E-state index is 0.461. The van der Waals surface area contributed by atoms with Crippen LogP contribution in [0.1, 0.15) is 6.04 Å². The Morgan fingerprint density at radius 2 is 2.43 bits per heavy atom. The van der Waals surface area contributed by atoms with E-state index in [9.17, 15) is 0 Å². The van der Waals surface area contributed by atoms with Gasteiger partial charge in [0.2, 0.25) is 0 Å². The van der Waals surface area contributed by atoms with Crippen molar-refractivity contribution in [2.75, 3.05) is 13.1 Å². The third kappa shape index (κ3) is 1.13. The summed E-state index contributed by atoms with van der Waals surface area (Å²) in [6.45, 7) is 1.96. The summed E-state index contributed by atoms with van der Waals surface area (Å²) in [5.41, 5.74) is 1.84. The SMILES string of the molecule is c1cc(-c2cn(C3CNC3)nn2)co1. The van der Waals surface area contributed by atoms with Gasteiger partial charge in [0, 0.05) is 18.7 Å². The summed E-state index contributed by atoms with van der Waals surface area (Å²) in [7, 11) is 0. The van der Waals surface area contributed by atoms with Crippen LogP contribution in [0.3, 0.4) is 0 Å². The van der Waals surface area contributed by atoms with Gasteiger partial charge in [-0.1, -0.05) is 5.21 Å². The van der Waals surface area contributed by atoms with Crippen LogP contribution in [0.5, 0.6) is 0 Å². The monoisotopic (exact) mass is 190 g/mol. The van der Waals surface area contributed by atoms with Gasteiger partial charge in [-0.15, -0.1) is 5.10 Å². The van der Waals surface area contributed by atoms with Crippen LogP contribution in [-0.2, 0) is 0 Å². The minimum Gasteiger partial charge on any atom is -0.472 e. The lowest BCUT2D eigenvalue weighted by Gasteiger charge is -2.26. The average Bonchev–Trinajstić information content (AvgIpc) is 2.65. The normalized spacial score (nSPS) is 16.9. The van der Waals surface area contributed by atoms with E-state index >= 15 is 0 Å². The Labute approximate surface area is 80.7 Å². The molecule has 1 aliphatic rings. The van der Waals surface area contributed by atoms with Gasteiger partial charge in [0.15, 0.2) is 0 Å². The van der Waals surface area contributed by atoms with Crippen LogP contribution in [0.2, 0.25) is 0 Å². The molecule has 2 aromatic rings. The Morgan fingerprint density at radius 3 is 3.07 bits per heavy atom. The Hall–Kier alpha value is -1.62. The second-order valence-corrected chi connectivity index (χ2v) is 3.41. The fourth-order valence-electron chi connectivity index (χ4n) is 1.46. The highest BCUT2D eigenvalue weighted by Gasteiger charge is 2.20. The zero-order valence-electron chi connectivity index (χ0n) is 7.55. The summed E-state index contributed by atoms with van der Waals surface area (Å²) in [5, 5.41) is 11.4. The topological polar surface area (TPSA) is 55.9 Å². The van der Waals surface area contributed by atoms with E-state index in [0.29, 0.717) is 6.04 Å². The molecule has 1 fully saturated rings. The molecular weight excluding hydrogens is 180 g/mol. The molecule has 0 saturated carbocycles. The standard InChI is InChI=1S/C9H10N4O/c1-2-14-6-7(1)9-5-13(12-11-9)8-3-10-4-8/h1-2,5-6,8,10H,3-4H2. The first-order valence-electron chi connectivity index (χ1n) is 4.58. The Kier molecular flexibility index (Phi) is 1.63. The predicted molar refractivity (Wildman–Crippen MR) is 49.6 cm³/mol. The van der Waals surface area contributed by atoms with E-state index < -0.39 is 0 Å². The molecule has 1 saturated heterocycles. The van der Waals surface area contributed by atoms with Crippen molar-refractivity contribution in [3.63, 3.8) is 0 Å². The van der Waals surface area contributed by atoms with Crippen LogP contribution in [0.25, 0.3) is 11.3 Å². The fourth-order valence-corrected chi connectivity index (χ4v) is 1.46. The van der Waals surface area contributed by atoms with Crippen molar-refractivity contribution >= 4 is 0 Å². The number of nitrogens with one attached hydrogen (secondary N) is 1. The third-order valence-corrected chi connectivity index (χ3v) is 2.46. The van der Waals surface area contributed by atoms with Gasteiger partial charge >= 0.3 is 0 Å².